The second-order valence-electron chi connectivity index (χ2n) is 9.58. The molecule has 1 unspecified atom stereocenters. The van der Waals surface area contributed by atoms with Gasteiger partial charge in [0.2, 0.25) is 5.91 Å². The number of nitrogens with two attached hydrogens (primary N) is 1. The molecule has 0 saturated carbocycles. The van der Waals surface area contributed by atoms with E-state index in [0.717, 1.165) is 30.8 Å². The summed E-state index contributed by atoms with van der Waals surface area (Å²) in [6.45, 7) is 2.15. The number of nitrogens with one attached hydrogen (secondary N) is 2. The van der Waals surface area contributed by atoms with Gasteiger partial charge >= 0.3 is 0 Å². The van der Waals surface area contributed by atoms with Gasteiger partial charge in [0.1, 0.15) is 11.9 Å². The fraction of sp³-hybridized carbons (Fsp3) is 0.250. The molecule has 3 aliphatic heterocycles. The Labute approximate surface area is 215 Å². The van der Waals surface area contributed by atoms with Gasteiger partial charge in [0, 0.05) is 50.3 Å². The number of rotatable bonds is 6. The summed E-state index contributed by atoms with van der Waals surface area (Å²) in [7, 11) is 3.84. The molecule has 9 nitrogen and oxygen atoms in total. The molecule has 3 heterocycles. The molecule has 0 fully saturated rings. The van der Waals surface area contributed by atoms with Gasteiger partial charge in [-0.15, -0.1) is 0 Å². The zero-order chi connectivity index (χ0) is 26.1. The molecule has 37 heavy (non-hydrogen) atoms. The first kappa shape index (κ1) is 24.3. The fourth-order valence-corrected chi connectivity index (χ4v) is 4.96. The zero-order valence-corrected chi connectivity index (χ0v) is 20.9. The summed E-state index contributed by atoms with van der Waals surface area (Å²) in [6, 6.07) is 13.3. The van der Waals surface area contributed by atoms with Crippen molar-refractivity contribution in [2.75, 3.05) is 26.0 Å². The van der Waals surface area contributed by atoms with Crippen LogP contribution in [0.4, 0.5) is 5.69 Å². The van der Waals surface area contributed by atoms with E-state index < -0.39 is 12.1 Å². The van der Waals surface area contributed by atoms with Gasteiger partial charge in [-0.05, 0) is 66.6 Å². The first-order valence-corrected chi connectivity index (χ1v) is 12.2. The third kappa shape index (κ3) is 4.99. The number of primary amides is 1. The lowest BCUT2D eigenvalue weighted by atomic mass is 9.99. The Balaban J connectivity index is 1.22. The maximum Gasteiger partial charge on any atom is 0.269 e. The number of anilines is 1. The van der Waals surface area contributed by atoms with Crippen LogP contribution >= 0.6 is 0 Å². The third-order valence-corrected chi connectivity index (χ3v) is 6.94. The number of benzene rings is 2. The van der Waals surface area contributed by atoms with Gasteiger partial charge in [-0.1, -0.05) is 18.2 Å². The molecule has 2 aromatic rings. The smallest absolute Gasteiger partial charge is 0.269 e. The SMILES string of the molecule is CN1CCc2ccc(NC(=O)c3cccc(CNC(=O)C4=CN5C=CC=C(C(N)=O)C5N4C)c3)cc2C1. The van der Waals surface area contributed by atoms with Crippen LogP contribution in [-0.4, -0.2) is 59.2 Å². The van der Waals surface area contributed by atoms with Gasteiger partial charge in [0.05, 0.1) is 5.57 Å². The van der Waals surface area contributed by atoms with E-state index in [1.807, 2.05) is 18.2 Å². The molecule has 5 rings (SSSR count). The molecule has 0 saturated heterocycles. The van der Waals surface area contributed by atoms with Crippen molar-refractivity contribution >= 4 is 23.4 Å². The second-order valence-corrected chi connectivity index (χ2v) is 9.58. The monoisotopic (exact) mass is 498 g/mol. The van der Waals surface area contributed by atoms with Crippen LogP contribution in [-0.2, 0) is 29.1 Å². The highest BCUT2D eigenvalue weighted by molar-refractivity contribution is 6.04. The van der Waals surface area contributed by atoms with E-state index in [2.05, 4.69) is 28.6 Å². The van der Waals surface area contributed by atoms with E-state index in [9.17, 15) is 14.4 Å². The molecule has 9 heteroatoms. The third-order valence-electron chi connectivity index (χ3n) is 6.94. The van der Waals surface area contributed by atoms with Gasteiger partial charge in [0.15, 0.2) is 0 Å². The van der Waals surface area contributed by atoms with Crippen LogP contribution in [0.5, 0.6) is 0 Å². The lowest BCUT2D eigenvalue weighted by molar-refractivity contribution is -0.119. The first-order valence-electron chi connectivity index (χ1n) is 12.2. The number of carbonyl (C=O) groups is 3. The average Bonchev–Trinajstić information content (AvgIpc) is 3.23. The van der Waals surface area contributed by atoms with E-state index in [-0.39, 0.29) is 18.4 Å². The molecule has 0 spiro atoms. The first-order chi connectivity index (χ1) is 17.8. The van der Waals surface area contributed by atoms with Gasteiger partial charge in [-0.3, -0.25) is 14.4 Å². The van der Waals surface area contributed by atoms with E-state index in [0.29, 0.717) is 16.8 Å². The summed E-state index contributed by atoms with van der Waals surface area (Å²) in [5.41, 5.74) is 11.0. The van der Waals surface area contributed by atoms with E-state index in [1.165, 1.54) is 11.1 Å². The van der Waals surface area contributed by atoms with Crippen LogP contribution in [0.25, 0.3) is 0 Å². The van der Waals surface area contributed by atoms with Gasteiger partial charge in [0.25, 0.3) is 11.8 Å². The molecule has 3 amide bonds. The molecule has 0 aromatic heterocycles. The highest BCUT2D eigenvalue weighted by atomic mass is 16.2. The molecule has 0 aliphatic carbocycles. The van der Waals surface area contributed by atoms with Crippen molar-refractivity contribution in [1.82, 2.24) is 20.0 Å². The Hall–Kier alpha value is -4.37. The minimum absolute atomic E-state index is 0.204. The van der Waals surface area contributed by atoms with Gasteiger partial charge < -0.3 is 31.1 Å². The lowest BCUT2D eigenvalue weighted by Gasteiger charge is -2.31. The summed E-state index contributed by atoms with van der Waals surface area (Å²) in [4.78, 5) is 43.5. The molecule has 0 radical (unpaired) electrons. The molecule has 3 aliphatic rings. The average molecular weight is 499 g/mol. The Bertz CT molecular complexity index is 1360. The van der Waals surface area contributed by atoms with Gasteiger partial charge in [-0.25, -0.2) is 0 Å². The number of carbonyl (C=O) groups excluding carboxylic acids is 3. The number of likely N-dealkylation sites (N-methyl/N-ethyl adjacent to an activating group) is 2. The van der Waals surface area contributed by atoms with Crippen LogP contribution in [0.1, 0.15) is 27.0 Å². The number of allylic oxidation sites excluding steroid dienone is 2. The Morgan fingerprint density at radius 1 is 1.05 bits per heavy atom. The molecular weight excluding hydrogens is 468 g/mol. The van der Waals surface area contributed by atoms with E-state index in [4.69, 9.17) is 5.73 Å². The van der Waals surface area contributed by atoms with Crippen molar-refractivity contribution in [3.05, 3.63) is 101 Å². The maximum atomic E-state index is 13.0. The summed E-state index contributed by atoms with van der Waals surface area (Å²) in [5, 5.41) is 5.90. The Morgan fingerprint density at radius 2 is 1.89 bits per heavy atom. The number of amides is 3. The summed E-state index contributed by atoms with van der Waals surface area (Å²) in [5.74, 6) is -1.02. The predicted octanol–water partition coefficient (Wildman–Crippen LogP) is 1.90. The highest BCUT2D eigenvalue weighted by Crippen LogP contribution is 2.29. The van der Waals surface area contributed by atoms with Crippen LogP contribution in [0.3, 0.4) is 0 Å². The molecule has 2 aromatic carbocycles. The number of fused-ring (bicyclic) bond motifs is 2. The Morgan fingerprint density at radius 3 is 2.70 bits per heavy atom. The standard InChI is InChI=1S/C28H30N6O3/c1-32-12-10-19-8-9-22(14-21(19)16-32)31-26(36)20-6-3-5-18(13-20)15-30-27(37)24-17-34-11-4-7-23(25(29)35)28(34)33(24)2/h3-9,11,13-14,17,28H,10,12,15-16H2,1-2H3,(H2,29,35)(H,30,37)(H,31,36). The largest absolute Gasteiger partial charge is 0.366 e. The zero-order valence-electron chi connectivity index (χ0n) is 20.9. The lowest BCUT2D eigenvalue weighted by Crippen LogP contribution is -2.43. The normalized spacial score (nSPS) is 18.5. The maximum absolute atomic E-state index is 13.0. The van der Waals surface area contributed by atoms with Crippen LogP contribution in [0.15, 0.2) is 78.3 Å². The minimum Gasteiger partial charge on any atom is -0.366 e. The molecule has 1 atom stereocenters. The summed E-state index contributed by atoms with van der Waals surface area (Å²) < 4.78 is 0. The van der Waals surface area contributed by atoms with Crippen LogP contribution in [0.2, 0.25) is 0 Å². The van der Waals surface area contributed by atoms with Crippen molar-refractivity contribution in [3.63, 3.8) is 0 Å². The Kier molecular flexibility index (Phi) is 6.54. The fourth-order valence-electron chi connectivity index (χ4n) is 4.96. The van der Waals surface area contributed by atoms with Crippen molar-refractivity contribution in [1.29, 1.82) is 0 Å². The summed E-state index contributed by atoms with van der Waals surface area (Å²) >= 11 is 0. The predicted molar refractivity (Wildman–Crippen MR) is 141 cm³/mol. The molecule has 0 bridgehead atoms. The highest BCUT2D eigenvalue weighted by Gasteiger charge is 2.37. The van der Waals surface area contributed by atoms with E-state index in [1.54, 1.807) is 59.6 Å². The van der Waals surface area contributed by atoms with Crippen molar-refractivity contribution < 1.29 is 14.4 Å². The number of nitrogens with zero attached hydrogens (tertiary/aromatic N) is 3. The van der Waals surface area contributed by atoms with Crippen LogP contribution < -0.4 is 16.4 Å². The number of hydrogen-bond donors (Lipinski definition) is 3. The quantitative estimate of drug-likeness (QED) is 0.561. The topological polar surface area (TPSA) is 111 Å². The molecule has 4 N–H and O–H groups in total. The number of hydrogen-bond acceptors (Lipinski definition) is 6. The van der Waals surface area contributed by atoms with Crippen LogP contribution in [0, 0.1) is 0 Å². The van der Waals surface area contributed by atoms with E-state index >= 15 is 0 Å². The van der Waals surface area contributed by atoms with Crippen molar-refractivity contribution in [2.45, 2.75) is 25.7 Å². The summed E-state index contributed by atoms with van der Waals surface area (Å²) in [6.07, 6.45) is 7.43. The minimum atomic E-state index is -0.529. The van der Waals surface area contributed by atoms with Gasteiger partial charge in [-0.2, -0.15) is 0 Å². The molecular formula is C28H30N6O3. The van der Waals surface area contributed by atoms with Crippen molar-refractivity contribution in [2.24, 2.45) is 5.73 Å². The molecule has 190 valence electrons. The second kappa shape index (κ2) is 9.94. The van der Waals surface area contributed by atoms with Crippen molar-refractivity contribution in [3.8, 4) is 0 Å².